The van der Waals surface area contributed by atoms with Crippen LogP contribution in [0.15, 0.2) is 41.5 Å². The van der Waals surface area contributed by atoms with Gasteiger partial charge in [0.2, 0.25) is 0 Å². The highest BCUT2D eigenvalue weighted by Crippen LogP contribution is 2.35. The van der Waals surface area contributed by atoms with E-state index in [-0.39, 0.29) is 5.56 Å². The first-order valence-electron chi connectivity index (χ1n) is 7.61. The van der Waals surface area contributed by atoms with Gasteiger partial charge in [-0.25, -0.2) is 5.43 Å². The molecule has 0 aliphatic carbocycles. The third kappa shape index (κ3) is 4.04. The van der Waals surface area contributed by atoms with Crippen LogP contribution >= 0.6 is 0 Å². The Bertz CT molecular complexity index is 744. The molecule has 0 unspecified atom stereocenters. The molecule has 2 aromatic carbocycles. The minimum Gasteiger partial charge on any atom is -0.504 e. The molecule has 0 bridgehead atoms. The van der Waals surface area contributed by atoms with Crippen molar-refractivity contribution in [2.75, 3.05) is 0 Å². The number of carbonyl (C=O) groups is 1. The molecule has 1 amide bonds. The van der Waals surface area contributed by atoms with E-state index >= 15 is 0 Å². The van der Waals surface area contributed by atoms with Gasteiger partial charge in [-0.15, -0.1) is 0 Å². The van der Waals surface area contributed by atoms with Crippen LogP contribution < -0.4 is 5.43 Å². The second-order valence-corrected chi connectivity index (χ2v) is 5.45. The van der Waals surface area contributed by atoms with Crippen LogP contribution in [0.1, 0.15) is 41.8 Å². The lowest BCUT2D eigenvalue weighted by molar-refractivity contribution is 0.0954. The van der Waals surface area contributed by atoms with Crippen molar-refractivity contribution >= 4 is 11.6 Å². The average molecular weight is 328 g/mol. The highest BCUT2D eigenvalue weighted by Gasteiger charge is 2.13. The second-order valence-electron chi connectivity index (χ2n) is 5.45. The van der Waals surface area contributed by atoms with Crippen LogP contribution in [0.5, 0.6) is 17.2 Å². The highest BCUT2D eigenvalue weighted by atomic mass is 16.3. The summed E-state index contributed by atoms with van der Waals surface area (Å²) >= 11 is 0. The summed E-state index contributed by atoms with van der Waals surface area (Å²) in [4.78, 5) is 12.0. The molecule has 4 N–H and O–H groups in total. The Labute approximate surface area is 140 Å². The van der Waals surface area contributed by atoms with E-state index in [1.807, 2.05) is 24.3 Å². The highest BCUT2D eigenvalue weighted by molar-refractivity contribution is 6.01. The maximum absolute atomic E-state index is 12.0. The van der Waals surface area contributed by atoms with Gasteiger partial charge in [0.15, 0.2) is 17.2 Å². The Kier molecular flexibility index (Phi) is 5.42. The van der Waals surface area contributed by atoms with Crippen LogP contribution in [-0.2, 0) is 6.42 Å². The van der Waals surface area contributed by atoms with Crippen molar-refractivity contribution in [2.45, 2.75) is 26.7 Å². The molecule has 0 saturated heterocycles. The maximum atomic E-state index is 12.0. The molecule has 2 aromatic rings. The van der Waals surface area contributed by atoms with E-state index in [1.54, 1.807) is 6.92 Å². The summed E-state index contributed by atoms with van der Waals surface area (Å²) in [5, 5.41) is 32.2. The molecule has 0 heterocycles. The van der Waals surface area contributed by atoms with Gasteiger partial charge >= 0.3 is 0 Å². The minimum atomic E-state index is -0.668. The molecule has 0 fully saturated rings. The lowest BCUT2D eigenvalue weighted by Gasteiger charge is -2.06. The fourth-order valence-corrected chi connectivity index (χ4v) is 2.20. The summed E-state index contributed by atoms with van der Waals surface area (Å²) in [6.07, 6.45) is 2.09. The number of aryl methyl sites for hydroxylation is 1. The van der Waals surface area contributed by atoms with Crippen molar-refractivity contribution in [1.29, 1.82) is 0 Å². The maximum Gasteiger partial charge on any atom is 0.271 e. The first-order valence-corrected chi connectivity index (χ1v) is 7.61. The van der Waals surface area contributed by atoms with Crippen LogP contribution in [0, 0.1) is 0 Å². The number of benzene rings is 2. The number of hydrogen-bond donors (Lipinski definition) is 4. The average Bonchev–Trinajstić information content (AvgIpc) is 2.57. The molecule has 0 saturated carbocycles. The van der Waals surface area contributed by atoms with E-state index in [1.165, 1.54) is 5.56 Å². The molecule has 126 valence electrons. The topological polar surface area (TPSA) is 102 Å². The number of hydrazone groups is 1. The number of nitrogens with one attached hydrogen (secondary N) is 1. The van der Waals surface area contributed by atoms with Gasteiger partial charge in [-0.3, -0.25) is 4.79 Å². The Morgan fingerprint density at radius 2 is 1.62 bits per heavy atom. The Balaban J connectivity index is 2.10. The Morgan fingerprint density at radius 3 is 2.17 bits per heavy atom. The zero-order chi connectivity index (χ0) is 17.7. The predicted molar refractivity (Wildman–Crippen MR) is 91.6 cm³/mol. The van der Waals surface area contributed by atoms with Crippen LogP contribution in [-0.4, -0.2) is 26.9 Å². The molecule has 24 heavy (non-hydrogen) atoms. The van der Waals surface area contributed by atoms with E-state index in [4.69, 9.17) is 0 Å². The van der Waals surface area contributed by atoms with E-state index in [0.29, 0.717) is 5.71 Å². The van der Waals surface area contributed by atoms with Crippen molar-refractivity contribution < 1.29 is 20.1 Å². The Morgan fingerprint density at radius 1 is 1.04 bits per heavy atom. The van der Waals surface area contributed by atoms with Crippen LogP contribution in [0.25, 0.3) is 0 Å². The molecule has 0 atom stereocenters. The van der Waals surface area contributed by atoms with E-state index in [0.717, 1.165) is 30.5 Å². The molecule has 2 rings (SSSR count). The number of rotatable bonds is 5. The summed E-state index contributed by atoms with van der Waals surface area (Å²) in [7, 11) is 0. The smallest absolute Gasteiger partial charge is 0.271 e. The number of phenolic OH excluding ortho intramolecular Hbond substituents is 3. The normalized spacial score (nSPS) is 11.3. The van der Waals surface area contributed by atoms with Crippen molar-refractivity contribution in [3.05, 3.63) is 53.1 Å². The van der Waals surface area contributed by atoms with Crippen molar-refractivity contribution in [3.8, 4) is 17.2 Å². The number of hydrogen-bond acceptors (Lipinski definition) is 5. The molecule has 0 aliphatic heterocycles. The van der Waals surface area contributed by atoms with Gasteiger partial charge < -0.3 is 15.3 Å². The lowest BCUT2D eigenvalue weighted by atomic mass is 10.1. The quantitative estimate of drug-likeness (QED) is 0.385. The van der Waals surface area contributed by atoms with Gasteiger partial charge in [-0.1, -0.05) is 37.6 Å². The van der Waals surface area contributed by atoms with Crippen LogP contribution in [0.2, 0.25) is 0 Å². The van der Waals surface area contributed by atoms with Crippen molar-refractivity contribution in [2.24, 2.45) is 5.10 Å². The van der Waals surface area contributed by atoms with Gasteiger partial charge in [0.25, 0.3) is 5.91 Å². The van der Waals surface area contributed by atoms with E-state index in [9.17, 15) is 20.1 Å². The zero-order valence-corrected chi connectivity index (χ0v) is 13.6. The fourth-order valence-electron chi connectivity index (χ4n) is 2.20. The first-order chi connectivity index (χ1) is 11.4. The molecular formula is C18H20N2O4. The van der Waals surface area contributed by atoms with Gasteiger partial charge in [0.05, 0.1) is 5.71 Å². The predicted octanol–water partition coefficient (Wildman–Crippen LogP) is 2.91. The van der Waals surface area contributed by atoms with Gasteiger partial charge in [-0.05, 0) is 36.6 Å². The number of nitrogens with zero attached hydrogens (tertiary/aromatic N) is 1. The standard InChI is InChI=1S/C18H20N2O4/c1-3-4-12-5-7-13(8-6-12)11(2)19-20-18(24)14-9-15(21)17(23)16(22)10-14/h5-10,21-23H,3-4H2,1-2H3,(H,20,24)/b19-11+. The largest absolute Gasteiger partial charge is 0.504 e. The molecule has 0 radical (unpaired) electrons. The molecular weight excluding hydrogens is 308 g/mol. The molecule has 6 nitrogen and oxygen atoms in total. The summed E-state index contributed by atoms with van der Waals surface area (Å²) in [6.45, 7) is 3.88. The number of amides is 1. The summed E-state index contributed by atoms with van der Waals surface area (Å²) in [5.41, 5.74) is 5.09. The zero-order valence-electron chi connectivity index (χ0n) is 13.6. The molecule has 6 heteroatoms. The second kappa shape index (κ2) is 7.50. The van der Waals surface area contributed by atoms with Crippen molar-refractivity contribution in [1.82, 2.24) is 5.43 Å². The fraction of sp³-hybridized carbons (Fsp3) is 0.222. The number of phenols is 3. The monoisotopic (exact) mass is 328 g/mol. The van der Waals surface area contributed by atoms with Gasteiger partial charge in [0.1, 0.15) is 0 Å². The number of aromatic hydroxyl groups is 3. The molecule has 0 aromatic heterocycles. The third-order valence-electron chi connectivity index (χ3n) is 3.57. The van der Waals surface area contributed by atoms with E-state index in [2.05, 4.69) is 17.5 Å². The Hall–Kier alpha value is -3.02. The third-order valence-corrected chi connectivity index (χ3v) is 3.57. The first kappa shape index (κ1) is 17.3. The van der Waals surface area contributed by atoms with Crippen LogP contribution in [0.3, 0.4) is 0 Å². The number of carbonyl (C=O) groups excluding carboxylic acids is 1. The SMILES string of the molecule is CCCc1ccc(/C(C)=N/NC(=O)c2cc(O)c(O)c(O)c2)cc1. The summed E-state index contributed by atoms with van der Waals surface area (Å²) < 4.78 is 0. The van der Waals surface area contributed by atoms with Crippen molar-refractivity contribution in [3.63, 3.8) is 0 Å². The summed E-state index contributed by atoms with van der Waals surface area (Å²) in [6, 6.07) is 10.0. The lowest BCUT2D eigenvalue weighted by Crippen LogP contribution is -2.19. The molecule has 0 spiro atoms. The van der Waals surface area contributed by atoms with Gasteiger partial charge in [-0.2, -0.15) is 5.10 Å². The van der Waals surface area contributed by atoms with Crippen LogP contribution in [0.4, 0.5) is 0 Å². The van der Waals surface area contributed by atoms with Gasteiger partial charge in [0, 0.05) is 5.56 Å². The minimum absolute atomic E-state index is 0.0161. The summed E-state index contributed by atoms with van der Waals surface area (Å²) in [5.74, 6) is -2.43. The molecule has 0 aliphatic rings. The van der Waals surface area contributed by atoms with E-state index < -0.39 is 23.2 Å².